The molecule has 15 heteroatoms. The van der Waals surface area contributed by atoms with Crippen molar-refractivity contribution in [3.05, 3.63) is 91.3 Å². The summed E-state index contributed by atoms with van der Waals surface area (Å²) >= 11 is 1.08. The van der Waals surface area contributed by atoms with Gasteiger partial charge < -0.3 is 15.1 Å². The molecule has 2 amide bonds. The number of non-ortho nitro benzene ring substituents is 1. The zero-order chi connectivity index (χ0) is 30.2. The summed E-state index contributed by atoms with van der Waals surface area (Å²) in [5.74, 6) is -0.972. The molecule has 5 rings (SSSR count). The van der Waals surface area contributed by atoms with Crippen molar-refractivity contribution in [1.29, 1.82) is 0 Å². The summed E-state index contributed by atoms with van der Waals surface area (Å²) in [6.07, 6.45) is -3.40. The molecule has 0 unspecified atom stereocenters. The van der Waals surface area contributed by atoms with E-state index in [-0.39, 0.29) is 22.7 Å². The predicted molar refractivity (Wildman–Crippen MR) is 150 cm³/mol. The minimum absolute atomic E-state index is 0.00294. The van der Waals surface area contributed by atoms with Crippen LogP contribution in [0.25, 0.3) is 10.2 Å². The average Bonchev–Trinajstić information content (AvgIpc) is 3.30. The zero-order valence-electron chi connectivity index (χ0n) is 22.1. The third-order valence-electron chi connectivity index (χ3n) is 6.89. The second-order valence-electron chi connectivity index (χ2n) is 9.59. The number of aryl methyl sites for hydroxylation is 1. The van der Waals surface area contributed by atoms with Crippen LogP contribution >= 0.6 is 11.3 Å². The molecule has 0 saturated carbocycles. The molecule has 2 aromatic heterocycles. The van der Waals surface area contributed by atoms with Gasteiger partial charge >= 0.3 is 6.18 Å². The van der Waals surface area contributed by atoms with E-state index in [2.05, 4.69) is 10.3 Å². The molecule has 1 saturated heterocycles. The van der Waals surface area contributed by atoms with E-state index < -0.39 is 34.7 Å². The maximum atomic E-state index is 13.4. The highest BCUT2D eigenvalue weighted by molar-refractivity contribution is 7.20. The first-order valence-corrected chi connectivity index (χ1v) is 13.5. The summed E-state index contributed by atoms with van der Waals surface area (Å²) in [4.78, 5) is 58.2. The molecule has 2 aromatic carbocycles. The lowest BCUT2D eigenvalue weighted by molar-refractivity contribution is -0.384. The number of halogens is 3. The summed E-state index contributed by atoms with van der Waals surface area (Å²) in [7, 11) is 0. The van der Waals surface area contributed by atoms with Gasteiger partial charge in [-0.25, -0.2) is 4.98 Å². The number of hydrogen-bond acceptors (Lipinski definition) is 8. The third-order valence-corrected chi connectivity index (χ3v) is 8.08. The van der Waals surface area contributed by atoms with Gasteiger partial charge in [-0.2, -0.15) is 13.2 Å². The van der Waals surface area contributed by atoms with Crippen LogP contribution in [0.1, 0.15) is 20.8 Å². The minimum atomic E-state index is -4.57. The highest BCUT2D eigenvalue weighted by atomic mass is 32.1. The van der Waals surface area contributed by atoms with Crippen molar-refractivity contribution in [3.8, 4) is 0 Å². The lowest BCUT2D eigenvalue weighted by Gasteiger charge is -2.36. The fraction of sp³-hybridized carbons (Fsp3) is 0.259. The van der Waals surface area contributed by atoms with Gasteiger partial charge in [-0.05, 0) is 42.8 Å². The lowest BCUT2D eigenvalue weighted by atomic mass is 10.2. The molecule has 0 radical (unpaired) electrons. The van der Waals surface area contributed by atoms with Crippen molar-refractivity contribution in [2.45, 2.75) is 19.6 Å². The number of nitrogens with one attached hydrogen (secondary N) is 1. The molecule has 0 bridgehead atoms. The van der Waals surface area contributed by atoms with Crippen LogP contribution in [0.15, 0.2) is 59.7 Å². The average molecular weight is 601 g/mol. The van der Waals surface area contributed by atoms with Gasteiger partial charge in [0.2, 0.25) is 5.91 Å². The molecular weight excluding hydrogens is 577 g/mol. The minimum Gasteiger partial charge on any atom is -0.368 e. The number of nitro benzene ring substituents is 1. The maximum absolute atomic E-state index is 13.4. The Morgan fingerprint density at radius 3 is 2.43 bits per heavy atom. The molecular formula is C27H23F3N6O5S. The summed E-state index contributed by atoms with van der Waals surface area (Å²) in [5.41, 5.74) is -0.285. The number of aromatic nitrogens is 2. The van der Waals surface area contributed by atoms with Gasteiger partial charge in [-0.1, -0.05) is 6.07 Å². The van der Waals surface area contributed by atoms with E-state index >= 15 is 0 Å². The van der Waals surface area contributed by atoms with Crippen molar-refractivity contribution in [2.24, 2.45) is 0 Å². The number of nitro groups is 1. The number of fused-ring (bicyclic) bond motifs is 1. The molecule has 11 nitrogen and oxygen atoms in total. The summed E-state index contributed by atoms with van der Waals surface area (Å²) in [6, 6.07) is 10.4. The number of carbonyl (C=O) groups excluding carboxylic acids is 2. The molecule has 1 fully saturated rings. The fourth-order valence-electron chi connectivity index (χ4n) is 4.70. The molecule has 4 aromatic rings. The number of rotatable bonds is 6. The smallest absolute Gasteiger partial charge is 0.368 e. The van der Waals surface area contributed by atoms with Crippen LogP contribution in [-0.2, 0) is 17.5 Å². The number of carbonyl (C=O) groups is 2. The number of alkyl halides is 3. The molecule has 0 aliphatic carbocycles. The molecule has 1 aliphatic rings. The maximum Gasteiger partial charge on any atom is 0.416 e. The number of hydrogen-bond donors (Lipinski definition) is 1. The van der Waals surface area contributed by atoms with Crippen LogP contribution in [0.2, 0.25) is 0 Å². The first-order chi connectivity index (χ1) is 19.9. The Labute approximate surface area is 239 Å². The fourth-order valence-corrected chi connectivity index (χ4v) is 5.81. The topological polar surface area (TPSA) is 131 Å². The third kappa shape index (κ3) is 5.81. The predicted octanol–water partition coefficient (Wildman–Crippen LogP) is 4.29. The zero-order valence-corrected chi connectivity index (χ0v) is 22.9. The van der Waals surface area contributed by atoms with Crippen LogP contribution in [0, 0.1) is 17.0 Å². The Hall–Kier alpha value is -4.79. The largest absolute Gasteiger partial charge is 0.416 e. The quantitative estimate of drug-likeness (QED) is 0.258. The summed E-state index contributed by atoms with van der Waals surface area (Å²) in [5, 5.41) is 13.5. The number of thiophene rings is 1. The monoisotopic (exact) mass is 600 g/mol. The number of nitrogens with zero attached hydrogens (tertiary/aromatic N) is 5. The number of piperazine rings is 1. The van der Waals surface area contributed by atoms with Gasteiger partial charge in [-0.15, -0.1) is 11.3 Å². The normalized spacial score (nSPS) is 13.8. The number of benzene rings is 2. The van der Waals surface area contributed by atoms with Crippen LogP contribution < -0.4 is 15.8 Å². The highest BCUT2D eigenvalue weighted by Gasteiger charge is 2.31. The SMILES string of the molecule is Cc1c(C(=O)N2CCN(c3ccc([N+](=O)[O-])cc3)CC2)sc2ncn(CC(=O)Nc3cccc(C(F)(F)F)c3)c(=O)c12. The molecule has 1 aliphatic heterocycles. The lowest BCUT2D eigenvalue weighted by Crippen LogP contribution is -2.48. The van der Waals surface area contributed by atoms with Crippen LogP contribution in [0.4, 0.5) is 30.2 Å². The van der Waals surface area contributed by atoms with E-state index in [1.807, 2.05) is 4.90 Å². The Balaban J connectivity index is 1.28. The van der Waals surface area contributed by atoms with E-state index in [1.54, 1.807) is 24.0 Å². The van der Waals surface area contributed by atoms with Crippen LogP contribution in [0.3, 0.4) is 0 Å². The summed E-state index contributed by atoms with van der Waals surface area (Å²) in [6.45, 7) is 2.98. The van der Waals surface area contributed by atoms with E-state index in [1.165, 1.54) is 30.6 Å². The highest BCUT2D eigenvalue weighted by Crippen LogP contribution is 2.31. The van der Waals surface area contributed by atoms with Gasteiger partial charge in [0.05, 0.1) is 27.1 Å². The second-order valence-corrected chi connectivity index (χ2v) is 10.6. The molecule has 218 valence electrons. The molecule has 3 heterocycles. The van der Waals surface area contributed by atoms with E-state index in [0.717, 1.165) is 33.7 Å². The van der Waals surface area contributed by atoms with Gasteiger partial charge in [0.1, 0.15) is 11.4 Å². The Morgan fingerprint density at radius 1 is 1.10 bits per heavy atom. The second kappa shape index (κ2) is 11.2. The number of anilines is 2. The molecule has 0 atom stereocenters. The van der Waals surface area contributed by atoms with Crippen LogP contribution in [-0.4, -0.2) is 57.4 Å². The molecule has 1 N–H and O–H groups in total. The van der Waals surface area contributed by atoms with E-state index in [4.69, 9.17) is 0 Å². The first kappa shape index (κ1) is 28.7. The van der Waals surface area contributed by atoms with Gasteiger partial charge in [0.15, 0.2) is 0 Å². The number of amides is 2. The Bertz CT molecular complexity index is 1740. The molecule has 0 spiro atoms. The summed E-state index contributed by atoms with van der Waals surface area (Å²) < 4.78 is 40.0. The molecule has 42 heavy (non-hydrogen) atoms. The van der Waals surface area contributed by atoms with Crippen LogP contribution in [0.5, 0.6) is 0 Å². The van der Waals surface area contributed by atoms with E-state index in [9.17, 15) is 37.7 Å². The van der Waals surface area contributed by atoms with Crippen molar-refractivity contribution in [2.75, 3.05) is 36.4 Å². The van der Waals surface area contributed by atoms with Gasteiger partial charge in [0.25, 0.3) is 17.2 Å². The van der Waals surface area contributed by atoms with Crippen molar-refractivity contribution < 1.29 is 27.7 Å². The van der Waals surface area contributed by atoms with Crippen molar-refractivity contribution in [1.82, 2.24) is 14.5 Å². The Kier molecular flexibility index (Phi) is 7.69. The van der Waals surface area contributed by atoms with Gasteiger partial charge in [0, 0.05) is 49.7 Å². The van der Waals surface area contributed by atoms with E-state index in [0.29, 0.717) is 41.5 Å². The van der Waals surface area contributed by atoms with Crippen molar-refractivity contribution in [3.63, 3.8) is 0 Å². The Morgan fingerprint density at radius 2 is 1.79 bits per heavy atom. The van der Waals surface area contributed by atoms with Gasteiger partial charge in [-0.3, -0.25) is 29.1 Å². The standard InChI is InChI=1S/C27H23F3N6O5S/c1-16-22-24(31-15-35(25(22)38)14-21(37)32-18-4-2-3-17(13-18)27(28,29)30)42-23(16)26(39)34-11-9-33(10-12-34)19-5-7-20(8-6-19)36(40)41/h2-8,13,15H,9-12,14H2,1H3,(H,32,37). The first-order valence-electron chi connectivity index (χ1n) is 12.7. The van der Waals surface area contributed by atoms with Crippen molar-refractivity contribution >= 4 is 50.4 Å².